The third-order valence-electron chi connectivity index (χ3n) is 4.78. The average Bonchev–Trinajstić information content (AvgIpc) is 2.83. The molecule has 0 aromatic carbocycles. The molecule has 1 aliphatic rings. The van der Waals surface area contributed by atoms with Crippen LogP contribution in [0.5, 0.6) is 0 Å². The van der Waals surface area contributed by atoms with Gasteiger partial charge in [-0.3, -0.25) is 4.90 Å². The second-order valence-electron chi connectivity index (χ2n) is 7.18. The topological polar surface area (TPSA) is 46.2 Å². The van der Waals surface area contributed by atoms with Gasteiger partial charge in [-0.15, -0.1) is 0 Å². The van der Waals surface area contributed by atoms with E-state index < -0.39 is 0 Å². The third kappa shape index (κ3) is 5.13. The second-order valence-corrected chi connectivity index (χ2v) is 7.55. The predicted molar refractivity (Wildman–Crippen MR) is 95.6 cm³/mol. The van der Waals surface area contributed by atoms with Gasteiger partial charge in [0, 0.05) is 19.6 Å². The predicted octanol–water partition coefficient (Wildman–Crippen LogP) is 3.42. The number of aromatic nitrogens is 3. The van der Waals surface area contributed by atoms with Gasteiger partial charge in [-0.05, 0) is 43.3 Å². The van der Waals surface area contributed by atoms with Gasteiger partial charge in [0.15, 0.2) is 10.6 Å². The summed E-state index contributed by atoms with van der Waals surface area (Å²) in [5, 5.41) is 14.0. The molecule has 0 radical (unpaired) electrons. The SMILES string of the molecule is CCCn1c(CO)nn(CN2CCC(CCC(C)C)CC2)c1=S. The number of hydrogen-bond acceptors (Lipinski definition) is 4. The maximum Gasteiger partial charge on any atom is 0.199 e. The van der Waals surface area contributed by atoms with Crippen molar-refractivity contribution in [3.63, 3.8) is 0 Å². The number of aliphatic hydroxyl groups excluding tert-OH is 1. The lowest BCUT2D eigenvalue weighted by Gasteiger charge is -2.31. The Hall–Kier alpha value is -0.720. The summed E-state index contributed by atoms with van der Waals surface area (Å²) in [5.74, 6) is 2.38. The van der Waals surface area contributed by atoms with E-state index in [1.165, 1.54) is 25.7 Å². The Morgan fingerprint density at radius 1 is 1.30 bits per heavy atom. The molecule has 1 aromatic heterocycles. The van der Waals surface area contributed by atoms with Gasteiger partial charge < -0.3 is 9.67 Å². The van der Waals surface area contributed by atoms with Gasteiger partial charge in [0.1, 0.15) is 6.61 Å². The summed E-state index contributed by atoms with van der Waals surface area (Å²) in [6, 6.07) is 0. The zero-order chi connectivity index (χ0) is 16.8. The fourth-order valence-electron chi connectivity index (χ4n) is 3.32. The van der Waals surface area contributed by atoms with Crippen molar-refractivity contribution < 1.29 is 5.11 Å². The maximum atomic E-state index is 9.47. The molecule has 0 unspecified atom stereocenters. The van der Waals surface area contributed by atoms with E-state index in [4.69, 9.17) is 12.2 Å². The van der Waals surface area contributed by atoms with Crippen molar-refractivity contribution in [1.29, 1.82) is 0 Å². The largest absolute Gasteiger partial charge is 0.388 e. The van der Waals surface area contributed by atoms with Crippen molar-refractivity contribution in [1.82, 2.24) is 19.2 Å². The highest BCUT2D eigenvalue weighted by molar-refractivity contribution is 7.71. The molecule has 0 atom stereocenters. The zero-order valence-corrected chi connectivity index (χ0v) is 15.7. The molecule has 1 N–H and O–H groups in total. The zero-order valence-electron chi connectivity index (χ0n) is 14.9. The maximum absolute atomic E-state index is 9.47. The van der Waals surface area contributed by atoms with Crippen LogP contribution in [0.3, 0.4) is 0 Å². The van der Waals surface area contributed by atoms with Crippen LogP contribution >= 0.6 is 12.2 Å². The van der Waals surface area contributed by atoms with Crippen LogP contribution in [0.2, 0.25) is 0 Å². The van der Waals surface area contributed by atoms with E-state index in [0.29, 0.717) is 5.82 Å². The van der Waals surface area contributed by atoms with E-state index in [0.717, 1.165) is 49.3 Å². The minimum Gasteiger partial charge on any atom is -0.388 e. The molecular formula is C17H32N4OS. The normalized spacial score (nSPS) is 17.3. The molecule has 1 aromatic rings. The highest BCUT2D eigenvalue weighted by Gasteiger charge is 2.20. The molecule has 0 aliphatic carbocycles. The molecule has 1 fully saturated rings. The fraction of sp³-hybridized carbons (Fsp3) is 0.882. The third-order valence-corrected chi connectivity index (χ3v) is 5.21. The first kappa shape index (κ1) is 18.6. The van der Waals surface area contributed by atoms with Crippen molar-refractivity contribution in [3.05, 3.63) is 10.6 Å². The molecule has 0 amide bonds. The van der Waals surface area contributed by atoms with Crippen molar-refractivity contribution in [2.45, 2.75) is 72.7 Å². The van der Waals surface area contributed by atoms with E-state index in [1.54, 1.807) is 0 Å². The summed E-state index contributed by atoms with van der Waals surface area (Å²) in [6.07, 6.45) is 6.26. The highest BCUT2D eigenvalue weighted by atomic mass is 32.1. The van der Waals surface area contributed by atoms with E-state index in [-0.39, 0.29) is 6.61 Å². The van der Waals surface area contributed by atoms with Crippen LogP contribution in [0, 0.1) is 16.6 Å². The average molecular weight is 341 g/mol. The van der Waals surface area contributed by atoms with E-state index >= 15 is 0 Å². The van der Waals surface area contributed by atoms with Crippen LogP contribution in [0.1, 0.15) is 58.7 Å². The standard InChI is InChI=1S/C17H32N4OS/c1-4-9-20-16(12-22)18-21(17(20)23)13-19-10-7-15(8-11-19)6-5-14(2)3/h14-15,22H,4-13H2,1-3H3. The number of rotatable bonds is 8. The molecule has 23 heavy (non-hydrogen) atoms. The Morgan fingerprint density at radius 2 is 2.00 bits per heavy atom. The number of likely N-dealkylation sites (tertiary alicyclic amines) is 1. The Kier molecular flexibility index (Phi) is 7.24. The van der Waals surface area contributed by atoms with Crippen molar-refractivity contribution in [2.75, 3.05) is 13.1 Å². The lowest BCUT2D eigenvalue weighted by Crippen LogP contribution is -2.35. The van der Waals surface area contributed by atoms with Gasteiger partial charge in [0.25, 0.3) is 0 Å². The Morgan fingerprint density at radius 3 is 2.57 bits per heavy atom. The summed E-state index contributed by atoms with van der Waals surface area (Å²) in [6.45, 7) is 10.5. The lowest BCUT2D eigenvalue weighted by molar-refractivity contribution is 0.133. The van der Waals surface area contributed by atoms with Crippen LogP contribution in [-0.2, 0) is 19.8 Å². The lowest BCUT2D eigenvalue weighted by atomic mass is 9.90. The van der Waals surface area contributed by atoms with E-state index in [1.807, 2.05) is 9.25 Å². The Labute approximate surface area is 145 Å². The molecule has 0 bridgehead atoms. The first-order valence-corrected chi connectivity index (χ1v) is 9.45. The molecule has 132 valence electrons. The number of nitrogens with zero attached hydrogens (tertiary/aromatic N) is 4. The van der Waals surface area contributed by atoms with Crippen LogP contribution < -0.4 is 0 Å². The summed E-state index contributed by atoms with van der Waals surface area (Å²) in [4.78, 5) is 2.44. The van der Waals surface area contributed by atoms with E-state index in [9.17, 15) is 5.11 Å². The van der Waals surface area contributed by atoms with Gasteiger partial charge in [-0.1, -0.05) is 33.6 Å². The van der Waals surface area contributed by atoms with Gasteiger partial charge >= 0.3 is 0 Å². The second kappa shape index (κ2) is 8.94. The molecule has 1 saturated heterocycles. The van der Waals surface area contributed by atoms with Crippen LogP contribution in [0.4, 0.5) is 0 Å². The van der Waals surface area contributed by atoms with Crippen molar-refractivity contribution in [3.8, 4) is 0 Å². The van der Waals surface area contributed by atoms with Gasteiger partial charge in [-0.2, -0.15) is 5.10 Å². The Balaban J connectivity index is 1.90. The minimum absolute atomic E-state index is 0.0477. The fourth-order valence-corrected chi connectivity index (χ4v) is 3.61. The minimum atomic E-state index is -0.0477. The molecule has 6 heteroatoms. The summed E-state index contributed by atoms with van der Waals surface area (Å²) >= 11 is 5.53. The summed E-state index contributed by atoms with van der Waals surface area (Å²) < 4.78 is 4.58. The molecule has 0 spiro atoms. The summed E-state index contributed by atoms with van der Waals surface area (Å²) in [5.41, 5.74) is 0. The first-order chi connectivity index (χ1) is 11.0. The smallest absolute Gasteiger partial charge is 0.199 e. The number of piperidine rings is 1. The molecule has 0 saturated carbocycles. The van der Waals surface area contributed by atoms with Gasteiger partial charge in [-0.25, -0.2) is 4.68 Å². The summed E-state index contributed by atoms with van der Waals surface area (Å²) in [7, 11) is 0. The molecule has 5 nitrogen and oxygen atoms in total. The molecule has 2 heterocycles. The van der Waals surface area contributed by atoms with Crippen molar-refractivity contribution in [2.24, 2.45) is 11.8 Å². The molecular weight excluding hydrogens is 308 g/mol. The van der Waals surface area contributed by atoms with Crippen LogP contribution in [-0.4, -0.2) is 37.4 Å². The molecule has 1 aliphatic heterocycles. The first-order valence-electron chi connectivity index (χ1n) is 9.04. The number of hydrogen-bond donors (Lipinski definition) is 1. The van der Waals surface area contributed by atoms with Gasteiger partial charge in [0.2, 0.25) is 0 Å². The highest BCUT2D eigenvalue weighted by Crippen LogP contribution is 2.24. The Bertz CT molecular complexity index is 529. The van der Waals surface area contributed by atoms with E-state index in [2.05, 4.69) is 30.8 Å². The van der Waals surface area contributed by atoms with Crippen LogP contribution in [0.15, 0.2) is 0 Å². The number of aliphatic hydroxyl groups is 1. The monoisotopic (exact) mass is 340 g/mol. The van der Waals surface area contributed by atoms with Crippen LogP contribution in [0.25, 0.3) is 0 Å². The van der Waals surface area contributed by atoms with Crippen molar-refractivity contribution >= 4 is 12.2 Å². The van der Waals surface area contributed by atoms with Gasteiger partial charge in [0.05, 0.1) is 6.67 Å². The quantitative estimate of drug-likeness (QED) is 0.737. The molecule has 2 rings (SSSR count).